The van der Waals surface area contributed by atoms with Gasteiger partial charge in [-0.2, -0.15) is 0 Å². The lowest BCUT2D eigenvalue weighted by atomic mass is 10.1. The van der Waals surface area contributed by atoms with E-state index in [0.29, 0.717) is 13.3 Å². The first kappa shape index (κ1) is 16.2. The van der Waals surface area contributed by atoms with Crippen LogP contribution in [0.15, 0.2) is 42.9 Å². The molecule has 0 aliphatic carbocycles. The number of carbonyl (C=O) groups excluding carboxylic acids is 1. The van der Waals surface area contributed by atoms with Gasteiger partial charge in [0.15, 0.2) is 0 Å². The fraction of sp³-hybridized carbons (Fsp3) is 0.412. The average molecular weight is 301 g/mol. The average Bonchev–Trinajstić information content (AvgIpc) is 3.05. The molecule has 1 saturated heterocycles. The molecule has 1 amide bonds. The highest BCUT2D eigenvalue weighted by Gasteiger charge is 2.37. The number of ether oxygens (including phenoxy) is 1. The minimum absolute atomic E-state index is 0.124. The van der Waals surface area contributed by atoms with E-state index < -0.39 is 0 Å². The summed E-state index contributed by atoms with van der Waals surface area (Å²) in [5.74, 6) is 0. The maximum atomic E-state index is 12.6. The predicted octanol–water partition coefficient (Wildman–Crippen LogP) is 3.46. The Morgan fingerprint density at radius 3 is 2.73 bits per heavy atom. The summed E-state index contributed by atoms with van der Waals surface area (Å²) < 4.78 is 6.90. The lowest BCUT2D eigenvalue weighted by molar-refractivity contribution is 0.140. The summed E-state index contributed by atoms with van der Waals surface area (Å²) in [6.07, 6.45) is 9.12. The van der Waals surface area contributed by atoms with Crippen molar-refractivity contribution in [2.24, 2.45) is 0 Å². The highest BCUT2D eigenvalue weighted by atomic mass is 16.5. The SMILES string of the molecule is C=C(C)C=CC(=CC)c1cn(C(=O)N2COCC2(C)C)cn1. The molecule has 1 fully saturated rings. The van der Waals surface area contributed by atoms with E-state index in [2.05, 4.69) is 11.6 Å². The largest absolute Gasteiger partial charge is 0.359 e. The lowest BCUT2D eigenvalue weighted by Gasteiger charge is -2.28. The van der Waals surface area contributed by atoms with Crippen molar-refractivity contribution in [3.05, 3.63) is 48.6 Å². The first-order chi connectivity index (χ1) is 10.3. The molecule has 22 heavy (non-hydrogen) atoms. The second-order valence-corrected chi connectivity index (χ2v) is 6.09. The van der Waals surface area contributed by atoms with Crippen molar-refractivity contribution in [2.45, 2.75) is 33.2 Å². The molecule has 2 heterocycles. The Balaban J connectivity index is 2.21. The summed E-state index contributed by atoms with van der Waals surface area (Å²) in [6, 6.07) is -0.124. The topological polar surface area (TPSA) is 47.4 Å². The second kappa shape index (κ2) is 6.32. The zero-order chi connectivity index (χ0) is 16.3. The van der Waals surface area contributed by atoms with Crippen LogP contribution >= 0.6 is 0 Å². The molecule has 0 atom stereocenters. The molecule has 1 aliphatic heterocycles. The Labute approximate surface area is 131 Å². The molecular weight excluding hydrogens is 278 g/mol. The number of allylic oxidation sites excluding steroid dienone is 5. The van der Waals surface area contributed by atoms with Gasteiger partial charge in [-0.25, -0.2) is 9.78 Å². The van der Waals surface area contributed by atoms with Gasteiger partial charge in [0.1, 0.15) is 13.1 Å². The van der Waals surface area contributed by atoms with E-state index in [-0.39, 0.29) is 11.6 Å². The molecule has 5 nitrogen and oxygen atoms in total. The maximum absolute atomic E-state index is 12.6. The van der Waals surface area contributed by atoms with Crippen molar-refractivity contribution in [2.75, 3.05) is 13.3 Å². The summed E-state index contributed by atoms with van der Waals surface area (Å²) in [7, 11) is 0. The van der Waals surface area contributed by atoms with Crippen LogP contribution in [0.2, 0.25) is 0 Å². The van der Waals surface area contributed by atoms with E-state index >= 15 is 0 Å². The zero-order valence-corrected chi connectivity index (χ0v) is 13.7. The van der Waals surface area contributed by atoms with Gasteiger partial charge in [0.2, 0.25) is 0 Å². The fourth-order valence-electron chi connectivity index (χ4n) is 2.23. The van der Waals surface area contributed by atoms with Crippen LogP contribution in [0.3, 0.4) is 0 Å². The van der Waals surface area contributed by atoms with Crippen molar-refractivity contribution in [3.63, 3.8) is 0 Å². The van der Waals surface area contributed by atoms with Gasteiger partial charge in [-0.3, -0.25) is 9.47 Å². The van der Waals surface area contributed by atoms with Crippen molar-refractivity contribution >= 4 is 11.6 Å². The molecule has 0 aromatic carbocycles. The molecule has 118 valence electrons. The van der Waals surface area contributed by atoms with Crippen LogP contribution in [0.5, 0.6) is 0 Å². The van der Waals surface area contributed by atoms with E-state index in [0.717, 1.165) is 16.8 Å². The van der Waals surface area contributed by atoms with Gasteiger partial charge in [0.05, 0.1) is 17.8 Å². The second-order valence-electron chi connectivity index (χ2n) is 6.09. The first-order valence-corrected chi connectivity index (χ1v) is 7.29. The Kier molecular flexibility index (Phi) is 4.66. The fourth-order valence-corrected chi connectivity index (χ4v) is 2.23. The zero-order valence-electron chi connectivity index (χ0n) is 13.7. The van der Waals surface area contributed by atoms with Gasteiger partial charge in [-0.1, -0.05) is 30.4 Å². The molecule has 0 saturated carbocycles. The Morgan fingerprint density at radius 1 is 1.45 bits per heavy atom. The summed E-state index contributed by atoms with van der Waals surface area (Å²) in [5, 5.41) is 0. The summed E-state index contributed by atoms with van der Waals surface area (Å²) in [5.41, 5.74) is 2.37. The first-order valence-electron chi connectivity index (χ1n) is 7.29. The monoisotopic (exact) mass is 301 g/mol. The molecular formula is C17H23N3O2. The quantitative estimate of drug-likeness (QED) is 0.803. The Morgan fingerprint density at radius 2 is 2.18 bits per heavy atom. The Hall–Kier alpha value is -2.14. The van der Waals surface area contributed by atoms with Crippen LogP contribution in [-0.2, 0) is 4.74 Å². The van der Waals surface area contributed by atoms with E-state index in [4.69, 9.17) is 4.74 Å². The summed E-state index contributed by atoms with van der Waals surface area (Å²) in [6.45, 7) is 12.5. The number of imidazole rings is 1. The molecule has 0 bridgehead atoms. The number of hydrogen-bond acceptors (Lipinski definition) is 3. The van der Waals surface area contributed by atoms with E-state index in [1.807, 2.05) is 45.9 Å². The maximum Gasteiger partial charge on any atom is 0.331 e. The van der Waals surface area contributed by atoms with Gasteiger partial charge >= 0.3 is 6.03 Å². The van der Waals surface area contributed by atoms with E-state index in [1.54, 1.807) is 17.4 Å². The molecule has 0 radical (unpaired) electrons. The third-order valence-corrected chi connectivity index (χ3v) is 3.59. The molecule has 5 heteroatoms. The van der Waals surface area contributed by atoms with Crippen molar-refractivity contribution in [3.8, 4) is 0 Å². The number of rotatable bonds is 3. The number of amides is 1. The highest BCUT2D eigenvalue weighted by Crippen LogP contribution is 2.23. The van der Waals surface area contributed by atoms with Crippen LogP contribution in [-0.4, -0.2) is 39.4 Å². The van der Waals surface area contributed by atoms with Crippen LogP contribution in [0.25, 0.3) is 5.57 Å². The third kappa shape index (κ3) is 3.36. The molecule has 2 rings (SSSR count). The Bertz CT molecular complexity index is 638. The van der Waals surface area contributed by atoms with Gasteiger partial charge in [-0.15, -0.1) is 0 Å². The van der Waals surface area contributed by atoms with Crippen LogP contribution in [0, 0.1) is 0 Å². The van der Waals surface area contributed by atoms with E-state index in [1.165, 1.54) is 4.57 Å². The summed E-state index contributed by atoms with van der Waals surface area (Å²) >= 11 is 0. The van der Waals surface area contributed by atoms with Gasteiger partial charge in [-0.05, 0) is 33.3 Å². The minimum atomic E-state index is -0.301. The normalized spacial score (nSPS) is 18.2. The van der Waals surface area contributed by atoms with Crippen molar-refractivity contribution in [1.82, 2.24) is 14.5 Å². The predicted molar refractivity (Wildman–Crippen MR) is 87.4 cm³/mol. The minimum Gasteiger partial charge on any atom is -0.359 e. The highest BCUT2D eigenvalue weighted by molar-refractivity contribution is 5.79. The van der Waals surface area contributed by atoms with Crippen LogP contribution in [0.1, 0.15) is 33.4 Å². The summed E-state index contributed by atoms with van der Waals surface area (Å²) in [4.78, 5) is 18.6. The molecule has 1 aromatic heterocycles. The lowest BCUT2D eigenvalue weighted by Crippen LogP contribution is -2.45. The van der Waals surface area contributed by atoms with Gasteiger partial charge in [0, 0.05) is 6.20 Å². The standard InChI is InChI=1S/C17H23N3O2/c1-6-14(8-7-13(2)3)15-9-19(11-18-15)16(21)20-12-22-10-17(20,4)5/h6-9,11H,2,10,12H2,1,3-5H3. The number of nitrogens with zero attached hydrogens (tertiary/aromatic N) is 3. The van der Waals surface area contributed by atoms with E-state index in [9.17, 15) is 4.79 Å². The van der Waals surface area contributed by atoms with Gasteiger partial charge < -0.3 is 4.74 Å². The molecule has 0 N–H and O–H groups in total. The third-order valence-electron chi connectivity index (χ3n) is 3.59. The van der Waals surface area contributed by atoms with Gasteiger partial charge in [0.25, 0.3) is 0 Å². The number of hydrogen-bond donors (Lipinski definition) is 0. The molecule has 0 unspecified atom stereocenters. The smallest absolute Gasteiger partial charge is 0.331 e. The molecule has 0 spiro atoms. The van der Waals surface area contributed by atoms with Crippen LogP contribution < -0.4 is 0 Å². The number of carbonyl (C=O) groups is 1. The number of aromatic nitrogens is 2. The molecule has 1 aliphatic rings. The van der Waals surface area contributed by atoms with Crippen molar-refractivity contribution < 1.29 is 9.53 Å². The molecule has 1 aromatic rings. The van der Waals surface area contributed by atoms with Crippen molar-refractivity contribution in [1.29, 1.82) is 0 Å². The van der Waals surface area contributed by atoms with Crippen LogP contribution in [0.4, 0.5) is 4.79 Å².